The molecule has 1 amide bonds. The van der Waals surface area contributed by atoms with Crippen LogP contribution in [0, 0.1) is 0 Å². The number of nitrogens with zero attached hydrogens (tertiary/aromatic N) is 4. The number of carboxylic acids is 1. The summed E-state index contributed by atoms with van der Waals surface area (Å²) >= 11 is 0. The lowest BCUT2D eigenvalue weighted by molar-refractivity contribution is -0.139. The molecule has 0 aromatic heterocycles. The van der Waals surface area contributed by atoms with Gasteiger partial charge in [0.25, 0.3) is 0 Å². The first kappa shape index (κ1) is 26.4. The smallest absolute Gasteiger partial charge is 0.416 e. The summed E-state index contributed by atoms with van der Waals surface area (Å²) in [6.07, 6.45) is -2.63. The summed E-state index contributed by atoms with van der Waals surface area (Å²) < 4.78 is 38.2. The van der Waals surface area contributed by atoms with Gasteiger partial charge in [-0.15, -0.1) is 0 Å². The first-order valence-corrected chi connectivity index (χ1v) is 11.8. The fraction of sp³-hybridized carbons (Fsp3) is 0.652. The molecule has 2 aliphatic heterocycles. The Labute approximate surface area is 198 Å². The second-order valence-electron chi connectivity index (χ2n) is 8.96. The van der Waals surface area contributed by atoms with E-state index in [0.717, 1.165) is 90.4 Å². The Morgan fingerprint density at radius 1 is 0.765 bits per heavy atom. The van der Waals surface area contributed by atoms with E-state index in [1.807, 2.05) is 4.90 Å². The molecule has 190 valence electrons. The van der Waals surface area contributed by atoms with E-state index in [0.29, 0.717) is 5.69 Å². The number of fused-ring (bicyclic) bond motifs is 3. The summed E-state index contributed by atoms with van der Waals surface area (Å²) in [6.45, 7) is 8.41. The highest BCUT2D eigenvalue weighted by Crippen LogP contribution is 2.29. The molecule has 1 aromatic rings. The number of carboxylic acid groups (broad SMARTS) is 1. The minimum atomic E-state index is -4.40. The van der Waals surface area contributed by atoms with E-state index in [-0.39, 0.29) is 19.0 Å². The van der Waals surface area contributed by atoms with Gasteiger partial charge in [0.2, 0.25) is 5.91 Å². The molecule has 2 aliphatic rings. The second kappa shape index (κ2) is 12.5. The average Bonchev–Trinajstić information content (AvgIpc) is 2.77. The SMILES string of the molecule is O=C(O)CN1CCCN2CCN(CCCN(CC(=O)Nc3ccc(C(F)(F)F)cc3)CC2)CC1. The van der Waals surface area contributed by atoms with Crippen molar-refractivity contribution in [2.75, 3.05) is 83.9 Å². The molecule has 2 heterocycles. The van der Waals surface area contributed by atoms with Gasteiger partial charge in [0.15, 0.2) is 0 Å². The zero-order valence-electron chi connectivity index (χ0n) is 19.4. The van der Waals surface area contributed by atoms with Gasteiger partial charge < -0.3 is 20.2 Å². The normalized spacial score (nSPS) is 23.9. The Morgan fingerprint density at radius 3 is 1.76 bits per heavy atom. The maximum atomic E-state index is 12.7. The van der Waals surface area contributed by atoms with Crippen molar-refractivity contribution in [2.24, 2.45) is 0 Å². The molecule has 8 nitrogen and oxygen atoms in total. The molecule has 2 bridgehead atoms. The molecule has 2 fully saturated rings. The summed E-state index contributed by atoms with van der Waals surface area (Å²) in [6, 6.07) is 4.48. The van der Waals surface area contributed by atoms with Gasteiger partial charge in [0.05, 0.1) is 18.7 Å². The van der Waals surface area contributed by atoms with E-state index in [9.17, 15) is 22.8 Å². The highest BCUT2D eigenvalue weighted by Gasteiger charge is 2.30. The van der Waals surface area contributed by atoms with Crippen LogP contribution in [0.5, 0.6) is 0 Å². The zero-order valence-corrected chi connectivity index (χ0v) is 19.4. The number of anilines is 1. The minimum absolute atomic E-state index is 0.0651. The third-order valence-corrected chi connectivity index (χ3v) is 6.32. The van der Waals surface area contributed by atoms with Crippen molar-refractivity contribution < 1.29 is 27.9 Å². The molecule has 0 saturated carbocycles. The Balaban J connectivity index is 1.54. The lowest BCUT2D eigenvalue weighted by Gasteiger charge is -2.35. The first-order valence-electron chi connectivity index (χ1n) is 11.8. The van der Waals surface area contributed by atoms with Gasteiger partial charge in [-0.05, 0) is 56.7 Å². The fourth-order valence-corrected chi connectivity index (χ4v) is 4.43. The number of benzene rings is 1. The van der Waals surface area contributed by atoms with E-state index in [2.05, 4.69) is 20.0 Å². The maximum absolute atomic E-state index is 12.7. The van der Waals surface area contributed by atoms with Gasteiger partial charge in [-0.2, -0.15) is 13.2 Å². The van der Waals surface area contributed by atoms with Crippen molar-refractivity contribution in [3.63, 3.8) is 0 Å². The van der Waals surface area contributed by atoms with Crippen LogP contribution < -0.4 is 5.32 Å². The molecule has 3 rings (SSSR count). The molecule has 0 spiro atoms. The number of carbonyl (C=O) groups excluding carboxylic acids is 1. The van der Waals surface area contributed by atoms with Crippen LogP contribution in [0.25, 0.3) is 0 Å². The van der Waals surface area contributed by atoms with Gasteiger partial charge in [0.1, 0.15) is 0 Å². The van der Waals surface area contributed by atoms with Crippen LogP contribution in [0.15, 0.2) is 24.3 Å². The predicted octanol–water partition coefficient (Wildman–Crippen LogP) is 1.74. The second-order valence-corrected chi connectivity index (χ2v) is 8.96. The summed E-state index contributed by atoms with van der Waals surface area (Å²) in [7, 11) is 0. The number of nitrogens with one attached hydrogen (secondary N) is 1. The average molecular weight is 486 g/mol. The fourth-order valence-electron chi connectivity index (χ4n) is 4.43. The molecule has 2 N–H and O–H groups in total. The van der Waals surface area contributed by atoms with Gasteiger partial charge >= 0.3 is 12.1 Å². The topological polar surface area (TPSA) is 79.4 Å². The molecule has 0 radical (unpaired) electrons. The molecule has 11 heteroatoms. The first-order chi connectivity index (χ1) is 16.2. The van der Waals surface area contributed by atoms with Crippen molar-refractivity contribution in [2.45, 2.75) is 19.0 Å². The van der Waals surface area contributed by atoms with E-state index >= 15 is 0 Å². The lowest BCUT2D eigenvalue weighted by atomic mass is 10.2. The monoisotopic (exact) mass is 485 g/mol. The van der Waals surface area contributed by atoms with Crippen molar-refractivity contribution >= 4 is 17.6 Å². The quantitative estimate of drug-likeness (QED) is 0.658. The van der Waals surface area contributed by atoms with E-state index < -0.39 is 17.7 Å². The maximum Gasteiger partial charge on any atom is 0.416 e. The molecule has 1 aromatic carbocycles. The molecule has 2 unspecified atom stereocenters. The van der Waals surface area contributed by atoms with Crippen molar-refractivity contribution in [1.82, 2.24) is 19.6 Å². The standard InChI is InChI=1S/C23H34F3N5O3/c24-23(25,26)19-3-5-20(6-4-19)27-21(32)17-30-9-1-7-29-12-11-28(13-15-30)8-2-10-31(16-14-29)18-22(33)34/h3-6H,1-2,7-18H2,(H,27,32)(H,33,34). The number of aliphatic carboxylic acids is 1. The van der Waals surface area contributed by atoms with Crippen LogP contribution in [0.2, 0.25) is 0 Å². The Kier molecular flexibility index (Phi) is 9.69. The molecule has 2 saturated heterocycles. The summed E-state index contributed by atoms with van der Waals surface area (Å²) in [5.74, 6) is -1.04. The van der Waals surface area contributed by atoms with Crippen LogP contribution in [-0.2, 0) is 15.8 Å². The third kappa shape index (κ3) is 8.86. The van der Waals surface area contributed by atoms with Crippen molar-refractivity contribution in [3.05, 3.63) is 29.8 Å². The van der Waals surface area contributed by atoms with Crippen LogP contribution in [-0.4, -0.2) is 115 Å². The number of hydrogen-bond acceptors (Lipinski definition) is 6. The van der Waals surface area contributed by atoms with E-state index in [4.69, 9.17) is 5.11 Å². The lowest BCUT2D eigenvalue weighted by Crippen LogP contribution is -2.48. The number of hydrogen-bond donors (Lipinski definition) is 2. The number of amides is 1. The van der Waals surface area contributed by atoms with Gasteiger partial charge in [-0.3, -0.25) is 19.4 Å². The van der Waals surface area contributed by atoms with E-state index in [1.54, 1.807) is 0 Å². The molecule has 0 aliphatic carbocycles. The Hall–Kier alpha value is -2.21. The number of rotatable bonds is 5. The van der Waals surface area contributed by atoms with Gasteiger partial charge in [-0.1, -0.05) is 0 Å². The highest BCUT2D eigenvalue weighted by molar-refractivity contribution is 5.92. The number of carbonyl (C=O) groups is 2. The van der Waals surface area contributed by atoms with Gasteiger partial charge in [0, 0.05) is 51.5 Å². The Morgan fingerprint density at radius 2 is 1.26 bits per heavy atom. The van der Waals surface area contributed by atoms with Crippen molar-refractivity contribution in [3.8, 4) is 0 Å². The highest BCUT2D eigenvalue weighted by atomic mass is 19.4. The van der Waals surface area contributed by atoms with Crippen molar-refractivity contribution in [1.29, 1.82) is 0 Å². The Bertz CT molecular complexity index is 806. The molecule has 34 heavy (non-hydrogen) atoms. The number of halogens is 3. The number of alkyl halides is 3. The minimum Gasteiger partial charge on any atom is -0.480 e. The summed E-state index contributed by atoms with van der Waals surface area (Å²) in [5, 5.41) is 11.9. The summed E-state index contributed by atoms with van der Waals surface area (Å²) in [5.41, 5.74) is -0.398. The predicted molar refractivity (Wildman–Crippen MR) is 123 cm³/mol. The molecular weight excluding hydrogens is 451 g/mol. The van der Waals surface area contributed by atoms with Crippen LogP contribution in [0.3, 0.4) is 0 Å². The molecular formula is C23H34F3N5O3. The van der Waals surface area contributed by atoms with Crippen LogP contribution >= 0.6 is 0 Å². The molecule has 2 atom stereocenters. The largest absolute Gasteiger partial charge is 0.480 e. The third-order valence-electron chi connectivity index (χ3n) is 6.32. The van der Waals surface area contributed by atoms with Crippen LogP contribution in [0.4, 0.5) is 18.9 Å². The van der Waals surface area contributed by atoms with Gasteiger partial charge in [-0.25, -0.2) is 0 Å². The van der Waals surface area contributed by atoms with Crippen LogP contribution in [0.1, 0.15) is 18.4 Å². The van der Waals surface area contributed by atoms with E-state index in [1.165, 1.54) is 12.1 Å². The summed E-state index contributed by atoms with van der Waals surface area (Å²) in [4.78, 5) is 32.5. The zero-order chi connectivity index (χ0) is 24.6.